The number of benzene rings is 1. The van der Waals surface area contributed by atoms with E-state index in [1.807, 2.05) is 0 Å². The molecule has 0 amide bonds. The molecule has 1 N–H and O–H groups in total. The molecule has 1 aromatic carbocycles. The molecule has 0 fully saturated rings. The van der Waals surface area contributed by atoms with Gasteiger partial charge in [-0.1, -0.05) is 6.07 Å². The molecule has 112 valence electrons. The Morgan fingerprint density at radius 2 is 2.09 bits per heavy atom. The van der Waals surface area contributed by atoms with Crippen LogP contribution in [0.4, 0.5) is 8.78 Å². The van der Waals surface area contributed by atoms with E-state index in [4.69, 9.17) is 4.74 Å². The van der Waals surface area contributed by atoms with E-state index in [9.17, 15) is 18.7 Å². The van der Waals surface area contributed by atoms with E-state index < -0.39 is 17.6 Å². The number of carboxylic acids is 1. The number of halogens is 2. The Labute approximate surface area is 123 Å². The van der Waals surface area contributed by atoms with Crippen LogP contribution in [0.25, 0.3) is 16.6 Å². The fraction of sp³-hybridized carbons (Fsp3) is 0.0667. The second kappa shape index (κ2) is 5.10. The minimum Gasteiger partial charge on any atom is -0.496 e. The van der Waals surface area contributed by atoms with Crippen LogP contribution in [0, 0.1) is 11.6 Å². The number of fused-ring (bicyclic) bond motifs is 1. The van der Waals surface area contributed by atoms with Crippen molar-refractivity contribution in [2.24, 2.45) is 0 Å². The van der Waals surface area contributed by atoms with E-state index >= 15 is 0 Å². The van der Waals surface area contributed by atoms with Crippen molar-refractivity contribution in [3.8, 4) is 16.9 Å². The van der Waals surface area contributed by atoms with Gasteiger partial charge in [-0.15, -0.1) is 0 Å². The average Bonchev–Trinajstić information content (AvgIpc) is 2.86. The third-order valence-electron chi connectivity index (χ3n) is 3.30. The number of ether oxygens (including phenoxy) is 1. The maximum atomic E-state index is 14.2. The molecule has 2 aromatic heterocycles. The number of hydrogen-bond acceptors (Lipinski definition) is 3. The molecule has 0 aliphatic carbocycles. The van der Waals surface area contributed by atoms with Crippen LogP contribution in [0.2, 0.25) is 0 Å². The summed E-state index contributed by atoms with van der Waals surface area (Å²) in [5.74, 6) is -2.43. The van der Waals surface area contributed by atoms with E-state index in [1.54, 1.807) is 0 Å². The third-order valence-corrected chi connectivity index (χ3v) is 3.30. The zero-order valence-corrected chi connectivity index (χ0v) is 11.4. The van der Waals surface area contributed by atoms with E-state index in [2.05, 4.69) is 5.10 Å². The van der Waals surface area contributed by atoms with Gasteiger partial charge in [-0.2, -0.15) is 5.10 Å². The summed E-state index contributed by atoms with van der Waals surface area (Å²) in [5, 5.41) is 13.1. The molecule has 0 bridgehead atoms. The van der Waals surface area contributed by atoms with Crippen molar-refractivity contribution in [3.63, 3.8) is 0 Å². The highest BCUT2D eigenvalue weighted by atomic mass is 19.1. The molecule has 0 atom stereocenters. The van der Waals surface area contributed by atoms with Crippen LogP contribution < -0.4 is 4.74 Å². The van der Waals surface area contributed by atoms with Crippen LogP contribution in [0.5, 0.6) is 5.75 Å². The molecule has 22 heavy (non-hydrogen) atoms. The molecule has 0 aliphatic rings. The largest absolute Gasteiger partial charge is 0.496 e. The van der Waals surface area contributed by atoms with Crippen molar-refractivity contribution in [2.75, 3.05) is 7.11 Å². The van der Waals surface area contributed by atoms with Crippen LogP contribution >= 0.6 is 0 Å². The molecule has 7 heteroatoms. The van der Waals surface area contributed by atoms with Gasteiger partial charge in [-0.3, -0.25) is 0 Å². The summed E-state index contributed by atoms with van der Waals surface area (Å²) in [6.45, 7) is 0. The monoisotopic (exact) mass is 304 g/mol. The molecule has 0 radical (unpaired) electrons. The first-order valence-electron chi connectivity index (χ1n) is 6.26. The number of rotatable bonds is 3. The summed E-state index contributed by atoms with van der Waals surface area (Å²) in [6, 6.07) is 5.27. The Hall–Kier alpha value is -2.96. The second-order valence-corrected chi connectivity index (χ2v) is 4.55. The number of nitrogens with zero attached hydrogens (tertiary/aromatic N) is 2. The molecule has 2 heterocycles. The summed E-state index contributed by atoms with van der Waals surface area (Å²) in [4.78, 5) is 11.5. The molecule has 3 aromatic rings. The number of pyridine rings is 1. The van der Waals surface area contributed by atoms with Gasteiger partial charge in [0.15, 0.2) is 5.82 Å². The number of carboxylic acid groups (broad SMARTS) is 1. The number of carbonyl (C=O) groups is 1. The summed E-state index contributed by atoms with van der Waals surface area (Å²) in [7, 11) is 1.35. The van der Waals surface area contributed by atoms with Crippen molar-refractivity contribution in [3.05, 3.63) is 53.9 Å². The first-order chi connectivity index (χ1) is 10.5. The smallest absolute Gasteiger partial charge is 0.336 e. The molecule has 0 aliphatic heterocycles. The van der Waals surface area contributed by atoms with E-state index in [0.717, 1.165) is 16.8 Å². The quantitative estimate of drug-likeness (QED) is 0.808. The lowest BCUT2D eigenvalue weighted by molar-refractivity contribution is 0.0697. The number of methoxy groups -OCH3 is 1. The summed E-state index contributed by atoms with van der Waals surface area (Å²) >= 11 is 0. The molecular formula is C15H10F2N2O3. The summed E-state index contributed by atoms with van der Waals surface area (Å²) in [5.41, 5.74) is -0.204. The maximum absolute atomic E-state index is 14.2. The number of aromatic nitrogens is 2. The average molecular weight is 304 g/mol. The first-order valence-corrected chi connectivity index (χ1v) is 6.26. The van der Waals surface area contributed by atoms with Crippen LogP contribution in [-0.4, -0.2) is 27.8 Å². The van der Waals surface area contributed by atoms with Crippen LogP contribution in [0.3, 0.4) is 0 Å². The van der Waals surface area contributed by atoms with Crippen molar-refractivity contribution in [1.29, 1.82) is 0 Å². The van der Waals surface area contributed by atoms with Gasteiger partial charge >= 0.3 is 5.97 Å². The number of aromatic carboxylic acids is 1. The fourth-order valence-corrected chi connectivity index (χ4v) is 2.31. The zero-order chi connectivity index (χ0) is 15.9. The minimum atomic E-state index is -1.30. The summed E-state index contributed by atoms with van der Waals surface area (Å²) in [6.07, 6.45) is 2.23. The topological polar surface area (TPSA) is 63.8 Å². The molecule has 0 saturated heterocycles. The minimum absolute atomic E-state index is 0.00328. The van der Waals surface area contributed by atoms with Gasteiger partial charge in [0.05, 0.1) is 24.4 Å². The highest BCUT2D eigenvalue weighted by Crippen LogP contribution is 2.35. The second-order valence-electron chi connectivity index (χ2n) is 4.55. The van der Waals surface area contributed by atoms with Gasteiger partial charge in [-0.25, -0.2) is 18.1 Å². The van der Waals surface area contributed by atoms with Crippen LogP contribution in [0.15, 0.2) is 36.7 Å². The predicted octanol–water partition coefficient (Wildman–Crippen LogP) is 2.99. The van der Waals surface area contributed by atoms with Gasteiger partial charge in [0.2, 0.25) is 0 Å². The van der Waals surface area contributed by atoms with E-state index in [-0.39, 0.29) is 28.0 Å². The third kappa shape index (κ3) is 2.07. The van der Waals surface area contributed by atoms with Gasteiger partial charge in [0.1, 0.15) is 17.1 Å². The molecule has 3 rings (SSSR count). The normalized spacial score (nSPS) is 10.9. The maximum Gasteiger partial charge on any atom is 0.336 e. The highest BCUT2D eigenvalue weighted by Gasteiger charge is 2.21. The lowest BCUT2D eigenvalue weighted by atomic mass is 10.00. The Kier molecular flexibility index (Phi) is 3.25. The standard InChI is InChI=1S/C15H10F2N2O3/c1-22-13-4-2-3-10(16)14(13)9-7-19-12(11(17)6-18-19)5-8(9)15(20)21/h2-7H,1H3,(H,20,21). The Morgan fingerprint density at radius 1 is 1.32 bits per heavy atom. The van der Waals surface area contributed by atoms with E-state index in [1.165, 1.54) is 31.5 Å². The summed E-state index contributed by atoms with van der Waals surface area (Å²) < 4.78 is 34.0. The fourth-order valence-electron chi connectivity index (χ4n) is 2.31. The van der Waals surface area contributed by atoms with Gasteiger partial charge < -0.3 is 9.84 Å². The molecule has 0 unspecified atom stereocenters. The molecule has 0 spiro atoms. The predicted molar refractivity (Wildman–Crippen MR) is 74.1 cm³/mol. The van der Waals surface area contributed by atoms with Gasteiger partial charge in [0.25, 0.3) is 0 Å². The first kappa shape index (κ1) is 14.0. The zero-order valence-electron chi connectivity index (χ0n) is 11.4. The van der Waals surface area contributed by atoms with Crippen LogP contribution in [-0.2, 0) is 0 Å². The van der Waals surface area contributed by atoms with Crippen molar-refractivity contribution < 1.29 is 23.4 Å². The van der Waals surface area contributed by atoms with Gasteiger partial charge in [-0.05, 0) is 18.2 Å². The van der Waals surface area contributed by atoms with Gasteiger partial charge in [0, 0.05) is 11.8 Å². The van der Waals surface area contributed by atoms with Crippen molar-refractivity contribution >= 4 is 11.5 Å². The van der Waals surface area contributed by atoms with E-state index in [0.29, 0.717) is 0 Å². The number of hydrogen-bond donors (Lipinski definition) is 1. The lowest BCUT2D eigenvalue weighted by Gasteiger charge is -2.12. The Bertz CT molecular complexity index is 890. The molecule has 5 nitrogen and oxygen atoms in total. The Balaban J connectivity index is 2.40. The SMILES string of the molecule is COc1cccc(F)c1-c1cn2ncc(F)c2cc1C(=O)O. The van der Waals surface area contributed by atoms with Crippen molar-refractivity contribution in [1.82, 2.24) is 9.61 Å². The molecular weight excluding hydrogens is 294 g/mol. The highest BCUT2D eigenvalue weighted by molar-refractivity contribution is 5.98. The van der Waals surface area contributed by atoms with Crippen molar-refractivity contribution in [2.45, 2.75) is 0 Å². The lowest BCUT2D eigenvalue weighted by Crippen LogP contribution is -2.04. The molecule has 0 saturated carbocycles. The Morgan fingerprint density at radius 3 is 2.77 bits per heavy atom. The van der Waals surface area contributed by atoms with Crippen LogP contribution in [0.1, 0.15) is 10.4 Å².